The SMILES string of the molecule is CCc1ccccc1NC(=O)CN1CCN(CC(=O)N[C@@H](C)CCC(C)C)CC1. The number of carbonyl (C=O) groups is 2. The first-order valence-electron chi connectivity index (χ1n) is 11.0. The van der Waals surface area contributed by atoms with Crippen LogP contribution >= 0.6 is 0 Å². The summed E-state index contributed by atoms with van der Waals surface area (Å²) in [5.74, 6) is 0.787. The minimum atomic E-state index is 0.0241. The second-order valence-electron chi connectivity index (χ2n) is 8.55. The quantitative estimate of drug-likeness (QED) is 0.632. The Morgan fingerprint density at radius 2 is 1.52 bits per heavy atom. The fourth-order valence-electron chi connectivity index (χ4n) is 3.63. The Hall–Kier alpha value is -1.92. The topological polar surface area (TPSA) is 64.7 Å². The van der Waals surface area contributed by atoms with Crippen molar-refractivity contribution < 1.29 is 9.59 Å². The number of carbonyl (C=O) groups excluding carboxylic acids is 2. The molecular formula is C23H38N4O2. The van der Waals surface area contributed by atoms with Gasteiger partial charge in [0.2, 0.25) is 11.8 Å². The van der Waals surface area contributed by atoms with E-state index < -0.39 is 0 Å². The molecule has 1 aliphatic heterocycles. The third-order valence-electron chi connectivity index (χ3n) is 5.46. The molecule has 29 heavy (non-hydrogen) atoms. The number of nitrogens with zero attached hydrogens (tertiary/aromatic N) is 2. The van der Waals surface area contributed by atoms with Gasteiger partial charge < -0.3 is 10.6 Å². The van der Waals surface area contributed by atoms with E-state index in [2.05, 4.69) is 48.1 Å². The molecule has 6 heteroatoms. The zero-order valence-electron chi connectivity index (χ0n) is 18.5. The smallest absolute Gasteiger partial charge is 0.238 e. The molecule has 2 rings (SSSR count). The molecule has 0 unspecified atom stereocenters. The number of para-hydroxylation sites is 1. The predicted octanol–water partition coefficient (Wildman–Crippen LogP) is 2.75. The molecule has 0 bridgehead atoms. The zero-order chi connectivity index (χ0) is 21.2. The number of nitrogens with one attached hydrogen (secondary N) is 2. The molecule has 1 aliphatic rings. The van der Waals surface area contributed by atoms with Crippen LogP contribution in [0, 0.1) is 5.92 Å². The van der Waals surface area contributed by atoms with Gasteiger partial charge in [-0.25, -0.2) is 0 Å². The van der Waals surface area contributed by atoms with Crippen LogP contribution in [0.4, 0.5) is 5.69 Å². The first-order valence-corrected chi connectivity index (χ1v) is 11.0. The van der Waals surface area contributed by atoms with E-state index >= 15 is 0 Å². The second kappa shape index (κ2) is 11.9. The minimum Gasteiger partial charge on any atom is -0.353 e. The lowest BCUT2D eigenvalue weighted by atomic mass is 10.0. The molecule has 0 spiro atoms. The van der Waals surface area contributed by atoms with E-state index in [1.165, 1.54) is 0 Å². The first kappa shape index (κ1) is 23.4. The van der Waals surface area contributed by atoms with Gasteiger partial charge in [0.05, 0.1) is 13.1 Å². The van der Waals surface area contributed by atoms with Gasteiger partial charge in [-0.05, 0) is 43.7 Å². The third kappa shape index (κ3) is 8.54. The fourth-order valence-corrected chi connectivity index (χ4v) is 3.63. The molecule has 6 nitrogen and oxygen atoms in total. The molecule has 1 heterocycles. The largest absolute Gasteiger partial charge is 0.353 e. The average Bonchev–Trinajstić information content (AvgIpc) is 2.68. The average molecular weight is 403 g/mol. The van der Waals surface area contributed by atoms with Gasteiger partial charge in [-0.3, -0.25) is 19.4 Å². The van der Waals surface area contributed by atoms with Crippen molar-refractivity contribution in [3.05, 3.63) is 29.8 Å². The van der Waals surface area contributed by atoms with Crippen LogP contribution in [0.2, 0.25) is 0 Å². The summed E-state index contributed by atoms with van der Waals surface area (Å²) in [6, 6.07) is 8.16. The molecule has 0 saturated carbocycles. The number of rotatable bonds is 10. The van der Waals surface area contributed by atoms with E-state index in [1.54, 1.807) is 0 Å². The third-order valence-corrected chi connectivity index (χ3v) is 5.46. The lowest BCUT2D eigenvalue weighted by Gasteiger charge is -2.34. The normalized spacial score (nSPS) is 16.6. The summed E-state index contributed by atoms with van der Waals surface area (Å²) in [5, 5.41) is 6.14. The van der Waals surface area contributed by atoms with Crippen LogP contribution in [-0.2, 0) is 16.0 Å². The predicted molar refractivity (Wildman–Crippen MR) is 119 cm³/mol. The number of aryl methyl sites for hydroxylation is 1. The second-order valence-corrected chi connectivity index (χ2v) is 8.55. The van der Waals surface area contributed by atoms with Gasteiger partial charge in [-0.1, -0.05) is 39.0 Å². The Bertz CT molecular complexity index is 654. The fraction of sp³-hybridized carbons (Fsp3) is 0.652. The molecular weight excluding hydrogens is 364 g/mol. The lowest BCUT2D eigenvalue weighted by Crippen LogP contribution is -2.51. The summed E-state index contributed by atoms with van der Waals surface area (Å²) in [7, 11) is 0. The molecule has 1 fully saturated rings. The van der Waals surface area contributed by atoms with E-state index in [0.717, 1.165) is 56.7 Å². The lowest BCUT2D eigenvalue weighted by molar-refractivity contribution is -0.124. The Kier molecular flexibility index (Phi) is 9.61. The van der Waals surface area contributed by atoms with Crippen molar-refractivity contribution in [1.29, 1.82) is 0 Å². The Balaban J connectivity index is 1.68. The molecule has 1 aromatic carbocycles. The number of anilines is 1. The van der Waals surface area contributed by atoms with Crippen LogP contribution in [0.5, 0.6) is 0 Å². The summed E-state index contributed by atoms with van der Waals surface area (Å²) in [6.07, 6.45) is 3.05. The van der Waals surface area contributed by atoms with Gasteiger partial charge in [0.25, 0.3) is 0 Å². The maximum Gasteiger partial charge on any atom is 0.238 e. The van der Waals surface area contributed by atoms with Crippen molar-refractivity contribution in [2.45, 2.75) is 53.0 Å². The monoisotopic (exact) mass is 402 g/mol. The van der Waals surface area contributed by atoms with Crippen molar-refractivity contribution in [3.63, 3.8) is 0 Å². The molecule has 2 N–H and O–H groups in total. The molecule has 162 valence electrons. The number of piperazine rings is 1. The van der Waals surface area contributed by atoms with Crippen LogP contribution in [0.15, 0.2) is 24.3 Å². The van der Waals surface area contributed by atoms with E-state index in [9.17, 15) is 9.59 Å². The van der Waals surface area contributed by atoms with Crippen LogP contribution in [-0.4, -0.2) is 66.9 Å². The van der Waals surface area contributed by atoms with Crippen molar-refractivity contribution in [2.24, 2.45) is 5.92 Å². The summed E-state index contributed by atoms with van der Waals surface area (Å²) in [4.78, 5) is 29.0. The first-order chi connectivity index (χ1) is 13.9. The van der Waals surface area contributed by atoms with Gasteiger partial charge in [-0.15, -0.1) is 0 Å². The highest BCUT2D eigenvalue weighted by molar-refractivity contribution is 5.93. The number of hydrogen-bond acceptors (Lipinski definition) is 4. The summed E-state index contributed by atoms with van der Waals surface area (Å²) < 4.78 is 0. The molecule has 1 atom stereocenters. The molecule has 0 radical (unpaired) electrons. The molecule has 0 aromatic heterocycles. The zero-order valence-corrected chi connectivity index (χ0v) is 18.5. The number of benzene rings is 1. The Morgan fingerprint density at radius 1 is 0.931 bits per heavy atom. The molecule has 1 saturated heterocycles. The maximum absolute atomic E-state index is 12.4. The van der Waals surface area contributed by atoms with Crippen molar-refractivity contribution in [2.75, 3.05) is 44.6 Å². The number of hydrogen-bond donors (Lipinski definition) is 2. The van der Waals surface area contributed by atoms with E-state index in [0.29, 0.717) is 19.0 Å². The van der Waals surface area contributed by atoms with E-state index in [-0.39, 0.29) is 17.9 Å². The van der Waals surface area contributed by atoms with Gasteiger partial charge in [0.15, 0.2) is 0 Å². The van der Waals surface area contributed by atoms with Gasteiger partial charge >= 0.3 is 0 Å². The molecule has 1 aromatic rings. The standard InChI is InChI=1S/C23H38N4O2/c1-5-20-8-6-7-9-21(20)25-23(29)17-27-14-12-26(13-15-27)16-22(28)24-19(4)11-10-18(2)3/h6-9,18-19H,5,10-17H2,1-4H3,(H,24,28)(H,25,29)/t19-/m0/s1. The summed E-state index contributed by atoms with van der Waals surface area (Å²) in [5.41, 5.74) is 2.06. The van der Waals surface area contributed by atoms with Gasteiger partial charge in [0.1, 0.15) is 0 Å². The molecule has 0 aliphatic carbocycles. The Labute approximate surface area is 176 Å². The van der Waals surface area contributed by atoms with E-state index in [1.807, 2.05) is 24.3 Å². The maximum atomic E-state index is 12.4. The van der Waals surface area contributed by atoms with Crippen molar-refractivity contribution >= 4 is 17.5 Å². The molecule has 2 amide bonds. The highest BCUT2D eigenvalue weighted by atomic mass is 16.2. The summed E-state index contributed by atoms with van der Waals surface area (Å²) in [6.45, 7) is 12.6. The van der Waals surface area contributed by atoms with E-state index in [4.69, 9.17) is 0 Å². The highest BCUT2D eigenvalue weighted by Crippen LogP contribution is 2.15. The van der Waals surface area contributed by atoms with Crippen LogP contribution in [0.3, 0.4) is 0 Å². The van der Waals surface area contributed by atoms with Crippen LogP contribution in [0.1, 0.15) is 46.1 Å². The highest BCUT2D eigenvalue weighted by Gasteiger charge is 2.21. The van der Waals surface area contributed by atoms with Crippen molar-refractivity contribution in [3.8, 4) is 0 Å². The van der Waals surface area contributed by atoms with Crippen LogP contribution in [0.25, 0.3) is 0 Å². The van der Waals surface area contributed by atoms with Crippen LogP contribution < -0.4 is 10.6 Å². The summed E-state index contributed by atoms with van der Waals surface area (Å²) >= 11 is 0. The van der Waals surface area contributed by atoms with Gasteiger partial charge in [0, 0.05) is 37.9 Å². The number of amides is 2. The Morgan fingerprint density at radius 3 is 2.10 bits per heavy atom. The minimum absolute atomic E-state index is 0.0241. The van der Waals surface area contributed by atoms with Crippen molar-refractivity contribution in [1.82, 2.24) is 15.1 Å². The van der Waals surface area contributed by atoms with Gasteiger partial charge in [-0.2, -0.15) is 0 Å².